The highest BCUT2D eigenvalue weighted by molar-refractivity contribution is 5.43. The second-order valence-corrected chi connectivity index (χ2v) is 5.41. The van der Waals surface area contributed by atoms with Crippen LogP contribution >= 0.6 is 0 Å². The first-order chi connectivity index (χ1) is 9.63. The minimum Gasteiger partial charge on any atom is -0.493 e. The molecule has 0 aliphatic carbocycles. The van der Waals surface area contributed by atoms with E-state index in [0.717, 1.165) is 30.9 Å². The molecule has 0 bridgehead atoms. The van der Waals surface area contributed by atoms with Crippen LogP contribution in [0.25, 0.3) is 0 Å². The van der Waals surface area contributed by atoms with Gasteiger partial charge in [-0.3, -0.25) is 0 Å². The lowest BCUT2D eigenvalue weighted by Gasteiger charge is -2.30. The third-order valence-electron chi connectivity index (χ3n) is 3.88. The van der Waals surface area contributed by atoms with Crippen LogP contribution in [0.4, 0.5) is 0 Å². The molecule has 1 aromatic carbocycles. The number of benzene rings is 1. The molecule has 0 spiro atoms. The van der Waals surface area contributed by atoms with Gasteiger partial charge in [0.05, 0.1) is 20.3 Å². The largest absolute Gasteiger partial charge is 0.493 e. The van der Waals surface area contributed by atoms with Crippen LogP contribution in [0.3, 0.4) is 0 Å². The summed E-state index contributed by atoms with van der Waals surface area (Å²) in [5, 5.41) is 3.68. The van der Waals surface area contributed by atoms with E-state index in [2.05, 4.69) is 25.2 Å². The monoisotopic (exact) mass is 279 g/mol. The second-order valence-electron chi connectivity index (χ2n) is 5.41. The highest BCUT2D eigenvalue weighted by Gasteiger charge is 2.21. The van der Waals surface area contributed by atoms with Gasteiger partial charge in [-0.25, -0.2) is 0 Å². The molecule has 112 valence electrons. The van der Waals surface area contributed by atoms with Crippen molar-refractivity contribution in [1.82, 2.24) is 5.32 Å². The number of nitrogens with one attached hydrogen (secondary N) is 1. The summed E-state index contributed by atoms with van der Waals surface area (Å²) in [6.45, 7) is 5.16. The van der Waals surface area contributed by atoms with E-state index >= 15 is 0 Å². The van der Waals surface area contributed by atoms with Gasteiger partial charge in [0.15, 0.2) is 11.5 Å². The Kier molecular flexibility index (Phi) is 5.26. The molecule has 4 heteroatoms. The first kappa shape index (κ1) is 15.1. The molecule has 0 saturated carbocycles. The van der Waals surface area contributed by atoms with Crippen molar-refractivity contribution in [2.75, 3.05) is 20.8 Å². The van der Waals surface area contributed by atoms with E-state index in [0.29, 0.717) is 12.1 Å². The summed E-state index contributed by atoms with van der Waals surface area (Å²) in [4.78, 5) is 0. The smallest absolute Gasteiger partial charge is 0.161 e. The second kappa shape index (κ2) is 6.95. The van der Waals surface area contributed by atoms with Crippen molar-refractivity contribution in [2.24, 2.45) is 0 Å². The summed E-state index contributed by atoms with van der Waals surface area (Å²) in [5.41, 5.74) is 1.21. The van der Waals surface area contributed by atoms with Crippen LogP contribution in [-0.2, 0) is 4.74 Å². The molecule has 0 aromatic heterocycles. The normalized spacial score (nSPS) is 24.2. The van der Waals surface area contributed by atoms with Crippen LogP contribution in [0.15, 0.2) is 18.2 Å². The molecule has 20 heavy (non-hydrogen) atoms. The Bertz CT molecular complexity index is 436. The van der Waals surface area contributed by atoms with Crippen LogP contribution in [0.1, 0.15) is 38.3 Å². The predicted octanol–water partition coefficient (Wildman–Crippen LogP) is 2.92. The van der Waals surface area contributed by atoms with Gasteiger partial charge in [0, 0.05) is 18.7 Å². The Morgan fingerprint density at radius 1 is 1.25 bits per heavy atom. The molecule has 3 atom stereocenters. The van der Waals surface area contributed by atoms with E-state index in [1.54, 1.807) is 14.2 Å². The van der Waals surface area contributed by atoms with Crippen LogP contribution < -0.4 is 14.8 Å². The number of hydrogen-bond acceptors (Lipinski definition) is 4. The van der Waals surface area contributed by atoms with Gasteiger partial charge in [0.25, 0.3) is 0 Å². The molecule has 1 saturated heterocycles. The van der Waals surface area contributed by atoms with Gasteiger partial charge in [-0.15, -0.1) is 0 Å². The number of rotatable bonds is 5. The average Bonchev–Trinajstić information content (AvgIpc) is 2.46. The summed E-state index contributed by atoms with van der Waals surface area (Å²) >= 11 is 0. The van der Waals surface area contributed by atoms with E-state index in [1.165, 1.54) is 5.56 Å². The molecule has 3 unspecified atom stereocenters. The van der Waals surface area contributed by atoms with Crippen molar-refractivity contribution < 1.29 is 14.2 Å². The molecule has 2 rings (SSSR count). The first-order valence-corrected chi connectivity index (χ1v) is 7.23. The molecule has 1 aliphatic heterocycles. The van der Waals surface area contributed by atoms with Crippen molar-refractivity contribution in [3.05, 3.63) is 23.8 Å². The van der Waals surface area contributed by atoms with Gasteiger partial charge < -0.3 is 19.5 Å². The maximum atomic E-state index is 5.59. The van der Waals surface area contributed by atoms with Crippen LogP contribution in [0, 0.1) is 0 Å². The lowest BCUT2D eigenvalue weighted by atomic mass is 10.0. The molecular weight excluding hydrogens is 254 g/mol. The maximum absolute atomic E-state index is 5.59. The maximum Gasteiger partial charge on any atom is 0.161 e. The zero-order valence-corrected chi connectivity index (χ0v) is 12.8. The molecule has 1 fully saturated rings. The van der Waals surface area contributed by atoms with E-state index in [9.17, 15) is 0 Å². The first-order valence-electron chi connectivity index (χ1n) is 7.23. The lowest BCUT2D eigenvalue weighted by Crippen LogP contribution is -2.39. The number of ether oxygens (including phenoxy) is 3. The highest BCUT2D eigenvalue weighted by Crippen LogP contribution is 2.30. The van der Waals surface area contributed by atoms with Gasteiger partial charge in [-0.1, -0.05) is 6.07 Å². The quantitative estimate of drug-likeness (QED) is 0.899. The van der Waals surface area contributed by atoms with Gasteiger partial charge in [-0.2, -0.15) is 0 Å². The Morgan fingerprint density at radius 2 is 2.00 bits per heavy atom. The minimum atomic E-state index is 0.283. The third-order valence-corrected chi connectivity index (χ3v) is 3.88. The van der Waals surface area contributed by atoms with E-state index < -0.39 is 0 Å². The fourth-order valence-corrected chi connectivity index (χ4v) is 2.72. The predicted molar refractivity (Wildman–Crippen MR) is 79.5 cm³/mol. The molecule has 0 radical (unpaired) electrons. The summed E-state index contributed by atoms with van der Waals surface area (Å²) < 4.78 is 16.2. The molecule has 1 N–H and O–H groups in total. The SMILES string of the molecule is COc1ccc(C(C)NC2CCOC(C)C2)cc1OC. The Labute approximate surface area is 121 Å². The van der Waals surface area contributed by atoms with Crippen LogP contribution in [0.5, 0.6) is 11.5 Å². The molecule has 1 aliphatic rings. The minimum absolute atomic E-state index is 0.283. The van der Waals surface area contributed by atoms with Crippen LogP contribution in [0.2, 0.25) is 0 Å². The Balaban J connectivity index is 2.03. The lowest BCUT2D eigenvalue weighted by molar-refractivity contribution is 0.0116. The molecular formula is C16H25NO3. The molecule has 1 aromatic rings. The van der Waals surface area contributed by atoms with Crippen molar-refractivity contribution >= 4 is 0 Å². The third kappa shape index (κ3) is 3.64. The van der Waals surface area contributed by atoms with Gasteiger partial charge in [0.1, 0.15) is 0 Å². The molecule has 1 heterocycles. The zero-order chi connectivity index (χ0) is 14.5. The van der Waals surface area contributed by atoms with Gasteiger partial charge >= 0.3 is 0 Å². The van der Waals surface area contributed by atoms with Gasteiger partial charge in [0.2, 0.25) is 0 Å². The molecule has 0 amide bonds. The standard InChI is InChI=1S/C16H25NO3/c1-11-9-14(7-8-20-11)17-12(2)13-5-6-15(18-3)16(10-13)19-4/h5-6,10-12,14,17H,7-9H2,1-4H3. The fraction of sp³-hybridized carbons (Fsp3) is 0.625. The van der Waals surface area contributed by atoms with Gasteiger partial charge in [-0.05, 0) is 44.4 Å². The van der Waals surface area contributed by atoms with Crippen molar-refractivity contribution in [3.63, 3.8) is 0 Å². The van der Waals surface area contributed by atoms with E-state index in [1.807, 2.05) is 12.1 Å². The highest BCUT2D eigenvalue weighted by atomic mass is 16.5. The van der Waals surface area contributed by atoms with Crippen molar-refractivity contribution in [3.8, 4) is 11.5 Å². The zero-order valence-electron chi connectivity index (χ0n) is 12.8. The van der Waals surface area contributed by atoms with Crippen LogP contribution in [-0.4, -0.2) is 33.0 Å². The summed E-state index contributed by atoms with van der Waals surface area (Å²) in [6, 6.07) is 6.88. The van der Waals surface area contributed by atoms with E-state index in [4.69, 9.17) is 14.2 Å². The summed E-state index contributed by atoms with van der Waals surface area (Å²) in [5.74, 6) is 1.54. The Hall–Kier alpha value is -1.26. The topological polar surface area (TPSA) is 39.7 Å². The van der Waals surface area contributed by atoms with Crippen molar-refractivity contribution in [1.29, 1.82) is 0 Å². The Morgan fingerprint density at radius 3 is 2.65 bits per heavy atom. The van der Waals surface area contributed by atoms with E-state index in [-0.39, 0.29) is 6.04 Å². The summed E-state index contributed by atoms with van der Waals surface area (Å²) in [6.07, 6.45) is 2.48. The summed E-state index contributed by atoms with van der Waals surface area (Å²) in [7, 11) is 3.32. The fourth-order valence-electron chi connectivity index (χ4n) is 2.72. The molecule has 4 nitrogen and oxygen atoms in total. The number of hydrogen-bond donors (Lipinski definition) is 1. The van der Waals surface area contributed by atoms with Crippen molar-refractivity contribution in [2.45, 2.75) is 44.9 Å². The number of methoxy groups -OCH3 is 2. The average molecular weight is 279 g/mol.